The highest BCUT2D eigenvalue weighted by Gasteiger charge is 2.21. The minimum atomic E-state index is -0.813. The van der Waals surface area contributed by atoms with E-state index in [1.54, 1.807) is 0 Å². The fourth-order valence-electron chi connectivity index (χ4n) is 1.25. The number of carbonyl (C=O) groups is 1. The lowest BCUT2D eigenvalue weighted by molar-refractivity contribution is -0.385. The van der Waals surface area contributed by atoms with E-state index in [0.717, 1.165) is 13.2 Å². The van der Waals surface area contributed by atoms with Crippen LogP contribution < -0.4 is 4.74 Å². The van der Waals surface area contributed by atoms with Crippen LogP contribution in [0.4, 0.5) is 5.69 Å². The minimum Gasteiger partial charge on any atom is -0.492 e. The maximum atomic E-state index is 11.4. The molecule has 0 spiro atoms. The Morgan fingerprint density at radius 2 is 2.28 bits per heavy atom. The molecule has 0 atom stereocenters. The van der Waals surface area contributed by atoms with Crippen LogP contribution in [0.2, 0.25) is 0 Å². The smallest absolute Gasteiger partial charge is 0.345 e. The normalized spacial score (nSPS) is 9.33. The van der Waals surface area contributed by atoms with Crippen LogP contribution in [0, 0.1) is 21.4 Å². The molecular formula is C11H10N2O5. The van der Waals surface area contributed by atoms with Crippen LogP contribution in [0.25, 0.3) is 0 Å². The van der Waals surface area contributed by atoms with Gasteiger partial charge in [0.15, 0.2) is 0 Å². The number of ether oxygens (including phenoxy) is 2. The first kappa shape index (κ1) is 13.4. The Morgan fingerprint density at radius 1 is 1.56 bits per heavy atom. The fourth-order valence-corrected chi connectivity index (χ4v) is 1.25. The lowest BCUT2D eigenvalue weighted by Gasteiger charge is -2.06. The molecule has 18 heavy (non-hydrogen) atoms. The topological polar surface area (TPSA) is 102 Å². The van der Waals surface area contributed by atoms with Gasteiger partial charge in [-0.2, -0.15) is 5.26 Å². The molecule has 0 fully saturated rings. The van der Waals surface area contributed by atoms with Gasteiger partial charge >= 0.3 is 5.97 Å². The Balaban J connectivity index is 3.02. The molecule has 1 aromatic carbocycles. The molecule has 0 unspecified atom stereocenters. The lowest BCUT2D eigenvalue weighted by Crippen LogP contribution is -2.06. The first-order chi connectivity index (χ1) is 8.60. The van der Waals surface area contributed by atoms with Gasteiger partial charge in [0, 0.05) is 12.1 Å². The van der Waals surface area contributed by atoms with Crippen LogP contribution in [0.3, 0.4) is 0 Å². The molecule has 0 aliphatic rings. The maximum absolute atomic E-state index is 11.4. The van der Waals surface area contributed by atoms with Gasteiger partial charge in [-0.25, -0.2) is 4.79 Å². The Bertz CT molecular complexity index is 507. The number of benzene rings is 1. The zero-order valence-electron chi connectivity index (χ0n) is 9.58. The molecule has 0 aromatic heterocycles. The average Bonchev–Trinajstić information content (AvgIpc) is 2.37. The maximum Gasteiger partial charge on any atom is 0.345 e. The third-order valence-corrected chi connectivity index (χ3v) is 2.05. The summed E-state index contributed by atoms with van der Waals surface area (Å²) in [4.78, 5) is 21.4. The first-order valence-corrected chi connectivity index (χ1v) is 4.96. The second-order valence-corrected chi connectivity index (χ2v) is 3.18. The SMILES string of the molecule is COC(=O)c1cc(OCCC#N)ccc1[N+](=O)[O-]. The van der Waals surface area contributed by atoms with Gasteiger partial charge in [-0.3, -0.25) is 10.1 Å². The minimum absolute atomic E-state index is 0.148. The predicted molar refractivity (Wildman–Crippen MR) is 60.2 cm³/mol. The van der Waals surface area contributed by atoms with Crippen LogP contribution in [-0.4, -0.2) is 24.6 Å². The molecule has 0 amide bonds. The lowest BCUT2D eigenvalue weighted by atomic mass is 10.1. The highest BCUT2D eigenvalue weighted by Crippen LogP contribution is 2.24. The number of hydrogen-bond donors (Lipinski definition) is 0. The van der Waals surface area contributed by atoms with E-state index in [-0.39, 0.29) is 30.0 Å². The third-order valence-electron chi connectivity index (χ3n) is 2.05. The van der Waals surface area contributed by atoms with E-state index in [0.29, 0.717) is 0 Å². The number of rotatable bonds is 5. The Kier molecular flexibility index (Phi) is 4.63. The third kappa shape index (κ3) is 3.18. The molecular weight excluding hydrogens is 240 g/mol. The highest BCUT2D eigenvalue weighted by atomic mass is 16.6. The van der Waals surface area contributed by atoms with Crippen molar-refractivity contribution in [2.75, 3.05) is 13.7 Å². The summed E-state index contributed by atoms with van der Waals surface area (Å²) in [5.41, 5.74) is -0.536. The van der Waals surface area contributed by atoms with Gasteiger partial charge in [0.05, 0.1) is 24.5 Å². The van der Waals surface area contributed by atoms with Crippen molar-refractivity contribution in [2.24, 2.45) is 0 Å². The Morgan fingerprint density at radius 3 is 2.83 bits per heavy atom. The predicted octanol–water partition coefficient (Wildman–Crippen LogP) is 1.67. The number of carbonyl (C=O) groups excluding carboxylic acids is 1. The monoisotopic (exact) mass is 250 g/mol. The molecule has 0 aliphatic carbocycles. The largest absolute Gasteiger partial charge is 0.492 e. The summed E-state index contributed by atoms with van der Waals surface area (Å²) in [7, 11) is 1.13. The molecule has 0 heterocycles. The Hall–Kier alpha value is -2.62. The van der Waals surface area contributed by atoms with Gasteiger partial charge in [-0.1, -0.05) is 0 Å². The number of methoxy groups -OCH3 is 1. The standard InChI is InChI=1S/C11H10N2O5/c1-17-11(14)9-7-8(18-6-2-5-12)3-4-10(9)13(15)16/h3-4,7H,2,6H2,1H3. The Labute approximate surface area is 103 Å². The van der Waals surface area contributed by atoms with Gasteiger partial charge in [0.25, 0.3) is 5.69 Å². The molecule has 0 saturated heterocycles. The van der Waals surface area contributed by atoms with Crippen molar-refractivity contribution in [3.63, 3.8) is 0 Å². The molecule has 1 rings (SSSR count). The second-order valence-electron chi connectivity index (χ2n) is 3.18. The van der Waals surface area contributed by atoms with Crippen molar-refractivity contribution in [3.8, 4) is 11.8 Å². The van der Waals surface area contributed by atoms with Gasteiger partial charge in [0.1, 0.15) is 17.9 Å². The summed E-state index contributed by atoms with van der Waals surface area (Å²) in [5, 5.41) is 19.1. The molecule has 7 heteroatoms. The molecule has 0 bridgehead atoms. The zero-order valence-corrected chi connectivity index (χ0v) is 9.58. The molecule has 0 radical (unpaired) electrons. The van der Waals surface area contributed by atoms with E-state index in [1.807, 2.05) is 6.07 Å². The summed E-state index contributed by atoms with van der Waals surface area (Å²) >= 11 is 0. The van der Waals surface area contributed by atoms with Crippen LogP contribution in [0.5, 0.6) is 5.75 Å². The molecule has 7 nitrogen and oxygen atoms in total. The number of hydrogen-bond acceptors (Lipinski definition) is 6. The van der Waals surface area contributed by atoms with E-state index < -0.39 is 10.9 Å². The fraction of sp³-hybridized carbons (Fsp3) is 0.273. The van der Waals surface area contributed by atoms with E-state index in [4.69, 9.17) is 10.00 Å². The summed E-state index contributed by atoms with van der Waals surface area (Å²) in [6.45, 7) is 0.148. The average molecular weight is 250 g/mol. The first-order valence-electron chi connectivity index (χ1n) is 4.96. The number of esters is 1. The summed E-state index contributed by atoms with van der Waals surface area (Å²) < 4.78 is 9.62. The molecule has 0 saturated carbocycles. The summed E-state index contributed by atoms with van der Waals surface area (Å²) in [5.74, 6) is -0.538. The van der Waals surface area contributed by atoms with Crippen LogP contribution in [0.1, 0.15) is 16.8 Å². The number of nitriles is 1. The van der Waals surface area contributed by atoms with Crippen molar-refractivity contribution in [1.82, 2.24) is 0 Å². The summed E-state index contributed by atoms with van der Waals surface area (Å²) in [6, 6.07) is 5.64. The molecule has 1 aromatic rings. The van der Waals surface area contributed by atoms with E-state index in [9.17, 15) is 14.9 Å². The van der Waals surface area contributed by atoms with Gasteiger partial charge in [-0.05, 0) is 6.07 Å². The summed E-state index contributed by atoms with van der Waals surface area (Å²) in [6.07, 6.45) is 0.185. The number of nitrogens with zero attached hydrogens (tertiary/aromatic N) is 2. The molecule has 0 N–H and O–H groups in total. The van der Waals surface area contributed by atoms with Crippen molar-refractivity contribution in [3.05, 3.63) is 33.9 Å². The van der Waals surface area contributed by atoms with Crippen molar-refractivity contribution >= 4 is 11.7 Å². The highest BCUT2D eigenvalue weighted by molar-refractivity contribution is 5.94. The van der Waals surface area contributed by atoms with Crippen LogP contribution in [0.15, 0.2) is 18.2 Å². The van der Waals surface area contributed by atoms with Crippen LogP contribution >= 0.6 is 0 Å². The molecule has 94 valence electrons. The van der Waals surface area contributed by atoms with E-state index in [1.165, 1.54) is 12.1 Å². The van der Waals surface area contributed by atoms with Crippen LogP contribution in [-0.2, 0) is 4.74 Å². The van der Waals surface area contributed by atoms with Gasteiger partial charge in [-0.15, -0.1) is 0 Å². The quantitative estimate of drug-likeness (QED) is 0.341. The van der Waals surface area contributed by atoms with Gasteiger partial charge in [0.2, 0.25) is 0 Å². The van der Waals surface area contributed by atoms with Gasteiger partial charge < -0.3 is 9.47 Å². The van der Waals surface area contributed by atoms with Crippen molar-refractivity contribution in [1.29, 1.82) is 5.26 Å². The molecule has 0 aliphatic heterocycles. The second kappa shape index (κ2) is 6.20. The number of nitro groups is 1. The number of nitro benzene ring substituents is 1. The van der Waals surface area contributed by atoms with Crippen molar-refractivity contribution < 1.29 is 19.2 Å². The zero-order chi connectivity index (χ0) is 13.5. The van der Waals surface area contributed by atoms with E-state index >= 15 is 0 Å². The van der Waals surface area contributed by atoms with Crippen molar-refractivity contribution in [2.45, 2.75) is 6.42 Å². The van der Waals surface area contributed by atoms with E-state index in [2.05, 4.69) is 4.74 Å².